The number of halogens is 1. The normalized spacial score (nSPS) is 14.5. The Labute approximate surface area is 159 Å². The molecule has 146 valence electrons. The van der Waals surface area contributed by atoms with Gasteiger partial charge in [0.05, 0.1) is 15.9 Å². The van der Waals surface area contributed by atoms with Gasteiger partial charge in [-0.3, -0.25) is 25.0 Å². The van der Waals surface area contributed by atoms with E-state index in [0.29, 0.717) is 37.3 Å². The summed E-state index contributed by atoms with van der Waals surface area (Å²) in [6.45, 7) is 0.806. The zero-order valence-corrected chi connectivity index (χ0v) is 14.7. The minimum Gasteiger partial charge on any atom is -0.366 e. The topological polar surface area (TPSA) is 119 Å². The average Bonchev–Trinajstić information content (AvgIpc) is 2.69. The first-order valence-electron chi connectivity index (χ1n) is 8.59. The first kappa shape index (κ1) is 19.2. The van der Waals surface area contributed by atoms with Gasteiger partial charge in [-0.15, -0.1) is 0 Å². The number of non-ortho nitro benzene ring substituents is 1. The summed E-state index contributed by atoms with van der Waals surface area (Å²) in [5.74, 6) is -0.862. The molecule has 0 aliphatic carbocycles. The zero-order valence-electron chi connectivity index (χ0n) is 14.7. The van der Waals surface area contributed by atoms with Crippen molar-refractivity contribution in [2.24, 2.45) is 5.92 Å². The van der Waals surface area contributed by atoms with Crippen LogP contribution in [0, 0.1) is 32.0 Å². The lowest BCUT2D eigenvalue weighted by Crippen LogP contribution is -2.38. The second-order valence-corrected chi connectivity index (χ2v) is 6.44. The van der Waals surface area contributed by atoms with Crippen LogP contribution in [0.4, 0.5) is 27.1 Å². The number of nitro benzene ring substituents is 2. The number of nitrogens with zero attached hydrogens (tertiary/aromatic N) is 3. The number of anilines is 2. The van der Waals surface area contributed by atoms with Crippen LogP contribution in [0.2, 0.25) is 0 Å². The van der Waals surface area contributed by atoms with Crippen molar-refractivity contribution in [2.75, 3.05) is 23.3 Å². The van der Waals surface area contributed by atoms with Gasteiger partial charge in [0.2, 0.25) is 5.91 Å². The van der Waals surface area contributed by atoms with Gasteiger partial charge >= 0.3 is 0 Å². The zero-order chi connectivity index (χ0) is 20.3. The largest absolute Gasteiger partial charge is 0.366 e. The number of hydrogen-bond donors (Lipinski definition) is 1. The monoisotopic (exact) mass is 388 g/mol. The van der Waals surface area contributed by atoms with Crippen molar-refractivity contribution in [3.63, 3.8) is 0 Å². The Kier molecular flexibility index (Phi) is 5.48. The van der Waals surface area contributed by atoms with Crippen molar-refractivity contribution in [1.29, 1.82) is 0 Å². The third kappa shape index (κ3) is 4.22. The van der Waals surface area contributed by atoms with Crippen molar-refractivity contribution in [2.45, 2.75) is 12.8 Å². The SMILES string of the molecule is O=C(Nc1ccc(F)cc1)C1CCN(c2ccc([N+](=O)[O-])cc2[N+](=O)[O-])CC1. The molecule has 9 nitrogen and oxygen atoms in total. The molecule has 3 rings (SSSR count). The number of carbonyl (C=O) groups is 1. The summed E-state index contributed by atoms with van der Waals surface area (Å²) in [5, 5.41) is 24.9. The van der Waals surface area contributed by atoms with Gasteiger partial charge in [0.15, 0.2) is 0 Å². The standard InChI is InChI=1S/C18H17FN4O5/c19-13-1-3-14(4-2-13)20-18(24)12-7-9-21(10-8-12)16-6-5-15(22(25)26)11-17(16)23(27)28/h1-6,11-12H,7-10H2,(H,20,24). The van der Waals surface area contributed by atoms with E-state index in [4.69, 9.17) is 0 Å². The van der Waals surface area contributed by atoms with Crippen molar-refractivity contribution in [3.8, 4) is 0 Å². The molecule has 1 N–H and O–H groups in total. The molecular formula is C18H17FN4O5. The fourth-order valence-corrected chi connectivity index (χ4v) is 3.20. The molecule has 0 bridgehead atoms. The number of piperidine rings is 1. The highest BCUT2D eigenvalue weighted by molar-refractivity contribution is 5.92. The first-order chi connectivity index (χ1) is 13.3. The van der Waals surface area contributed by atoms with Crippen LogP contribution in [0.15, 0.2) is 42.5 Å². The fraction of sp³-hybridized carbons (Fsp3) is 0.278. The lowest BCUT2D eigenvalue weighted by molar-refractivity contribution is -0.393. The lowest BCUT2D eigenvalue weighted by Gasteiger charge is -2.32. The Morgan fingerprint density at radius 2 is 1.68 bits per heavy atom. The fourth-order valence-electron chi connectivity index (χ4n) is 3.20. The highest BCUT2D eigenvalue weighted by atomic mass is 19.1. The van der Waals surface area contributed by atoms with Crippen molar-refractivity contribution in [3.05, 3.63) is 68.5 Å². The minimum absolute atomic E-state index is 0.190. The molecule has 1 fully saturated rings. The van der Waals surface area contributed by atoms with E-state index < -0.39 is 15.7 Å². The number of nitro groups is 2. The van der Waals surface area contributed by atoms with Gasteiger partial charge in [0.1, 0.15) is 11.5 Å². The van der Waals surface area contributed by atoms with E-state index in [1.54, 1.807) is 4.90 Å². The van der Waals surface area contributed by atoms with Crippen LogP contribution in [-0.2, 0) is 4.79 Å². The Morgan fingerprint density at radius 3 is 2.25 bits per heavy atom. The number of nitrogens with one attached hydrogen (secondary N) is 1. The molecule has 0 aromatic heterocycles. The highest BCUT2D eigenvalue weighted by Gasteiger charge is 2.29. The molecular weight excluding hydrogens is 371 g/mol. The van der Waals surface area contributed by atoms with E-state index in [-0.39, 0.29) is 23.2 Å². The summed E-state index contributed by atoms with van der Waals surface area (Å²) in [4.78, 5) is 35.0. The minimum atomic E-state index is -0.678. The van der Waals surface area contributed by atoms with E-state index in [0.717, 1.165) is 6.07 Å². The molecule has 0 unspecified atom stereocenters. The molecule has 2 aromatic carbocycles. The molecule has 1 aliphatic rings. The molecule has 0 saturated carbocycles. The van der Waals surface area contributed by atoms with Crippen molar-refractivity contribution < 1.29 is 19.0 Å². The summed E-state index contributed by atoms with van der Waals surface area (Å²) in [5.41, 5.74) is 0.125. The van der Waals surface area contributed by atoms with Gasteiger partial charge in [-0.1, -0.05) is 0 Å². The second-order valence-electron chi connectivity index (χ2n) is 6.44. The molecule has 1 heterocycles. The summed E-state index contributed by atoms with van der Waals surface area (Å²) < 4.78 is 12.9. The van der Waals surface area contributed by atoms with E-state index >= 15 is 0 Å². The maximum absolute atomic E-state index is 12.9. The Bertz CT molecular complexity index is 911. The van der Waals surface area contributed by atoms with Crippen molar-refractivity contribution in [1.82, 2.24) is 0 Å². The molecule has 1 saturated heterocycles. The predicted octanol–water partition coefficient (Wildman–Crippen LogP) is 3.50. The molecule has 0 radical (unpaired) electrons. The summed E-state index contributed by atoms with van der Waals surface area (Å²) in [6, 6.07) is 9.01. The third-order valence-electron chi connectivity index (χ3n) is 4.68. The third-order valence-corrected chi connectivity index (χ3v) is 4.68. The molecule has 0 atom stereocenters. The second kappa shape index (κ2) is 7.99. The average molecular weight is 388 g/mol. The number of rotatable bonds is 5. The van der Waals surface area contributed by atoms with E-state index in [2.05, 4.69) is 5.32 Å². The smallest absolute Gasteiger partial charge is 0.299 e. The van der Waals surface area contributed by atoms with Gasteiger partial charge in [-0.25, -0.2) is 4.39 Å². The Morgan fingerprint density at radius 1 is 1.04 bits per heavy atom. The Balaban J connectivity index is 1.66. The van der Waals surface area contributed by atoms with E-state index in [1.807, 2.05) is 0 Å². The van der Waals surface area contributed by atoms with Crippen LogP contribution in [0.25, 0.3) is 0 Å². The highest BCUT2D eigenvalue weighted by Crippen LogP contribution is 2.34. The van der Waals surface area contributed by atoms with Gasteiger partial charge in [0.25, 0.3) is 11.4 Å². The van der Waals surface area contributed by atoms with Gasteiger partial charge in [-0.05, 0) is 43.2 Å². The molecule has 1 amide bonds. The molecule has 10 heteroatoms. The first-order valence-corrected chi connectivity index (χ1v) is 8.59. The number of benzene rings is 2. The van der Waals surface area contributed by atoms with Gasteiger partial charge < -0.3 is 10.2 Å². The van der Waals surface area contributed by atoms with E-state index in [1.165, 1.54) is 36.4 Å². The molecule has 0 spiro atoms. The van der Waals surface area contributed by atoms with Crippen LogP contribution in [0.3, 0.4) is 0 Å². The Hall–Kier alpha value is -3.56. The number of hydrogen-bond acceptors (Lipinski definition) is 6. The maximum Gasteiger partial charge on any atom is 0.299 e. The molecule has 2 aromatic rings. The number of carbonyl (C=O) groups excluding carboxylic acids is 1. The van der Waals surface area contributed by atoms with E-state index in [9.17, 15) is 29.4 Å². The quantitative estimate of drug-likeness (QED) is 0.618. The van der Waals surface area contributed by atoms with Crippen molar-refractivity contribution >= 4 is 28.7 Å². The van der Waals surface area contributed by atoms with Gasteiger partial charge in [0, 0.05) is 30.8 Å². The summed E-state index contributed by atoms with van der Waals surface area (Å²) in [6.07, 6.45) is 0.947. The molecule has 28 heavy (non-hydrogen) atoms. The number of amides is 1. The van der Waals surface area contributed by atoms with Crippen LogP contribution in [0.1, 0.15) is 12.8 Å². The van der Waals surface area contributed by atoms with Crippen LogP contribution < -0.4 is 10.2 Å². The van der Waals surface area contributed by atoms with Gasteiger partial charge in [-0.2, -0.15) is 0 Å². The maximum atomic E-state index is 12.9. The van der Waals surface area contributed by atoms with Crippen LogP contribution >= 0.6 is 0 Å². The predicted molar refractivity (Wildman–Crippen MR) is 99.7 cm³/mol. The van der Waals surface area contributed by atoms with Crippen LogP contribution in [-0.4, -0.2) is 28.8 Å². The summed E-state index contributed by atoms with van der Waals surface area (Å²) in [7, 11) is 0. The lowest BCUT2D eigenvalue weighted by atomic mass is 9.95. The summed E-state index contributed by atoms with van der Waals surface area (Å²) >= 11 is 0. The molecule has 1 aliphatic heterocycles. The van der Waals surface area contributed by atoms with Crippen LogP contribution in [0.5, 0.6) is 0 Å².